The Morgan fingerprint density at radius 2 is 0.388 bits per heavy atom. The molecule has 0 saturated heterocycles. The lowest BCUT2D eigenvalue weighted by Gasteiger charge is -2.08. The smallest absolute Gasteiger partial charge is 0.0827 e. The fraction of sp³-hybridized carbons (Fsp3) is 0.870. The van der Waals surface area contributed by atoms with Crippen LogP contribution in [0.2, 0.25) is 0 Å². The average molecular weight is 1800 g/mol. The third-order valence-corrected chi connectivity index (χ3v) is 23.7. The van der Waals surface area contributed by atoms with Crippen molar-refractivity contribution < 1.29 is 0 Å². The first-order valence-electron chi connectivity index (χ1n) is 53.8. The van der Waals surface area contributed by atoms with Gasteiger partial charge in [0.1, 0.15) is 0 Å². The molecule has 0 saturated carbocycles. The van der Waals surface area contributed by atoms with Gasteiger partial charge in [-0.3, -0.25) is 9.36 Å². The van der Waals surface area contributed by atoms with Gasteiger partial charge in [-0.2, -0.15) is 0 Å². The molecule has 21 nitrogen and oxygen atoms in total. The van der Waals surface area contributed by atoms with Gasteiger partial charge >= 0.3 is 0 Å². The first-order chi connectivity index (χ1) is 61.6. The zero-order valence-electron chi connectivity index (χ0n) is 89.8. The van der Waals surface area contributed by atoms with E-state index in [0.29, 0.717) is 5.92 Å². The summed E-state index contributed by atoms with van der Waals surface area (Å²) >= 11 is 0. The molecule has 7 aromatic rings. The van der Waals surface area contributed by atoms with E-state index in [9.17, 15) is 0 Å². The summed E-state index contributed by atoms with van der Waals surface area (Å²) in [6, 6.07) is 0. The number of hydrogen-bond donors (Lipinski definition) is 0. The van der Waals surface area contributed by atoms with Crippen molar-refractivity contribution in [2.45, 2.75) is 529 Å². The number of hydrogen-bond acceptors (Lipinski definition) is 14. The molecule has 0 aliphatic carbocycles. The number of nitrogens with zero attached hydrogens (tertiary/aromatic N) is 21. The lowest BCUT2D eigenvalue weighted by molar-refractivity contribution is 0.462. The second kappa shape index (κ2) is 78.3. The van der Waals surface area contributed by atoms with Crippen LogP contribution in [0.4, 0.5) is 0 Å². The molecule has 0 amide bonds. The first-order valence-corrected chi connectivity index (χ1v) is 53.8. The average Bonchev–Trinajstić information content (AvgIpc) is 1.78. The molecule has 0 aliphatic rings. The van der Waals surface area contributed by atoms with Gasteiger partial charge < -0.3 is 0 Å². The number of aromatic nitrogens is 21. The molecule has 21 heteroatoms. The molecule has 0 aromatic carbocycles. The molecule has 7 heterocycles. The van der Waals surface area contributed by atoms with Crippen LogP contribution in [0.15, 0.2) is 43.4 Å². The summed E-state index contributed by atoms with van der Waals surface area (Å²) in [5.41, 5.74) is 8.85. The minimum atomic E-state index is 0.635. The fourth-order valence-electron chi connectivity index (χ4n) is 15.3. The minimum absolute atomic E-state index is 0.635. The van der Waals surface area contributed by atoms with Gasteiger partial charge in [0.15, 0.2) is 0 Å². The topological polar surface area (TPSA) is 215 Å². The van der Waals surface area contributed by atoms with E-state index in [1.807, 2.05) is 40.3 Å². The van der Waals surface area contributed by atoms with E-state index in [0.717, 1.165) is 179 Å². The predicted molar refractivity (Wildman–Crippen MR) is 549 cm³/mol. The Labute approximate surface area is 795 Å². The molecule has 129 heavy (non-hydrogen) atoms. The van der Waals surface area contributed by atoms with Crippen LogP contribution < -0.4 is 0 Å². The Bertz CT molecular complexity index is 3300. The summed E-state index contributed by atoms with van der Waals surface area (Å²) in [5.74, 6) is 11.0. The fourth-order valence-corrected chi connectivity index (χ4v) is 15.3. The van der Waals surface area contributed by atoms with Gasteiger partial charge in [-0.15, -0.1) is 35.7 Å². The quantitative estimate of drug-likeness (QED) is 0.0324. The molecule has 0 N–H and O–H groups in total. The third-order valence-electron chi connectivity index (χ3n) is 23.7. The summed E-state index contributed by atoms with van der Waals surface area (Å²) in [6.07, 6.45) is 71.1. The molecule has 0 bridgehead atoms. The van der Waals surface area contributed by atoms with Gasteiger partial charge in [0.25, 0.3) is 0 Å². The molecular weight excluding hydrogens is 1590 g/mol. The number of rotatable bonds is 66. The highest BCUT2D eigenvalue weighted by Gasteiger charge is 2.13. The third kappa shape index (κ3) is 72.2. The van der Waals surface area contributed by atoms with E-state index in [1.54, 1.807) is 0 Å². The highest BCUT2D eigenvalue weighted by Crippen LogP contribution is 2.21. The zero-order valence-corrected chi connectivity index (χ0v) is 89.8. The monoisotopic (exact) mass is 1800 g/mol. The van der Waals surface area contributed by atoms with Gasteiger partial charge in [-0.05, 0) is 218 Å². The van der Waals surface area contributed by atoms with E-state index in [1.165, 1.54) is 272 Å². The lowest BCUT2D eigenvalue weighted by Crippen LogP contribution is -2.07. The highest BCUT2D eigenvalue weighted by molar-refractivity contribution is 4.98. The molecule has 0 fully saturated rings. The van der Waals surface area contributed by atoms with Crippen molar-refractivity contribution >= 4 is 0 Å². The van der Waals surface area contributed by atoms with Crippen LogP contribution in [0.3, 0.4) is 0 Å². The van der Waals surface area contributed by atoms with Crippen molar-refractivity contribution in [3.05, 3.63) is 83.2 Å². The molecule has 0 atom stereocenters. The molecule has 7 aromatic heterocycles. The zero-order chi connectivity index (χ0) is 95.8. The van der Waals surface area contributed by atoms with Crippen LogP contribution in [-0.2, 0) is 90.8 Å². The van der Waals surface area contributed by atoms with Gasteiger partial charge in [0, 0.05) is 58.2 Å². The lowest BCUT2D eigenvalue weighted by atomic mass is 10.0. The minimum Gasteiger partial charge on any atom is -0.252 e. The van der Waals surface area contributed by atoms with Crippen molar-refractivity contribution in [1.29, 1.82) is 0 Å². The van der Waals surface area contributed by atoms with Crippen molar-refractivity contribution in [3.8, 4) is 0 Å². The Kier molecular flexibility index (Phi) is 73.5. The van der Waals surface area contributed by atoms with Crippen LogP contribution in [-0.4, -0.2) is 105 Å². The van der Waals surface area contributed by atoms with Gasteiger partial charge in [-0.25, -0.2) is 23.4 Å². The number of aryl methyl sites for hydroxylation is 13. The summed E-state index contributed by atoms with van der Waals surface area (Å²) in [7, 11) is 0. The van der Waals surface area contributed by atoms with E-state index in [-0.39, 0.29) is 0 Å². The SMILES string of the molecule is CC(C)CCCCCCc1cnnn1CCC(C)C.CC(C)CCCCCCc1cnnn1CCC(C)C.CC(C)CCCCCc1cn(CC(C)C)nn1.CC(C)CCCCCc1cnnn1CCCC(C)C.CC(C)CCCCCn1nncc1CCCC(C)C.CC(C)CCCCCn1nncc1CCCC(C)C.CC(C)CCCCc1cn(CCC(C)C)nn1. The van der Waals surface area contributed by atoms with E-state index in [2.05, 4.69) is 302 Å². The van der Waals surface area contributed by atoms with Crippen LogP contribution in [0.1, 0.15) is 478 Å². The summed E-state index contributed by atoms with van der Waals surface area (Å²) in [5, 5.41) is 58.1. The summed E-state index contributed by atoms with van der Waals surface area (Å²) in [4.78, 5) is 0. The van der Waals surface area contributed by atoms with Crippen LogP contribution >= 0.6 is 0 Å². The molecule has 0 spiro atoms. The summed E-state index contributed by atoms with van der Waals surface area (Å²) < 4.78 is 14.4. The Balaban J connectivity index is 0.000000753. The standard InChI is InChI=1S/5C16H31N3.2C14H27N3/c2*1-14(2)9-6-5-7-12-19-16(13-17-18-19)11-8-10-15(3)4;1-14(2)9-6-5-7-11-16-13-17-18-19(16)12-8-10-15(3)4;2*1-14(2)9-7-5-6-8-10-16-13-17-18-19(16)12-11-15(3)4;1-12(2)7-5-6-8-14-11-17(16-15-14)10-9-13(3)4;1-12(2)8-6-5-7-9-14-11-17(16-15-14)10-13(3)4/h5*13-15H,5-12H2,1-4H3;2*11-13H,5-10H2,1-4H3. The van der Waals surface area contributed by atoms with Crippen LogP contribution in [0.25, 0.3) is 0 Å². The highest BCUT2D eigenvalue weighted by atomic mass is 15.5. The van der Waals surface area contributed by atoms with Gasteiger partial charge in [0.2, 0.25) is 0 Å². The second-order valence-electron chi connectivity index (χ2n) is 44.0. The largest absolute Gasteiger partial charge is 0.252 e. The van der Waals surface area contributed by atoms with Crippen molar-refractivity contribution in [1.82, 2.24) is 105 Å². The Hall–Kier alpha value is -6.02. The molecular formula is C108H209N21. The molecule has 0 unspecified atom stereocenters. The predicted octanol–water partition coefficient (Wildman–Crippen LogP) is 29.8. The summed E-state index contributed by atoms with van der Waals surface area (Å²) in [6.45, 7) is 70.8. The van der Waals surface area contributed by atoms with Gasteiger partial charge in [0.05, 0.1) is 70.8 Å². The van der Waals surface area contributed by atoms with Crippen molar-refractivity contribution in [2.75, 3.05) is 0 Å². The van der Waals surface area contributed by atoms with Crippen LogP contribution in [0.5, 0.6) is 0 Å². The molecule has 0 aliphatic heterocycles. The van der Waals surface area contributed by atoms with Crippen LogP contribution in [0, 0.1) is 82.9 Å². The molecule has 7 rings (SSSR count). The molecule has 0 radical (unpaired) electrons. The maximum absolute atomic E-state index is 4.22. The van der Waals surface area contributed by atoms with Crippen molar-refractivity contribution in [3.63, 3.8) is 0 Å². The van der Waals surface area contributed by atoms with Crippen molar-refractivity contribution in [2.24, 2.45) is 82.9 Å². The maximum Gasteiger partial charge on any atom is 0.0827 e. The Morgan fingerprint density at radius 3 is 0.690 bits per heavy atom. The van der Waals surface area contributed by atoms with E-state index in [4.69, 9.17) is 0 Å². The maximum atomic E-state index is 4.22. The van der Waals surface area contributed by atoms with E-state index >= 15 is 0 Å². The van der Waals surface area contributed by atoms with Gasteiger partial charge in [-0.1, -0.05) is 384 Å². The number of unbranched alkanes of at least 4 members (excludes halogenated alkanes) is 15. The molecule has 746 valence electrons. The normalized spacial score (nSPS) is 11.7. The van der Waals surface area contributed by atoms with E-state index < -0.39 is 0 Å². The Morgan fingerprint density at radius 1 is 0.178 bits per heavy atom. The second-order valence-corrected chi connectivity index (χ2v) is 44.0. The first kappa shape index (κ1) is 121.